The van der Waals surface area contributed by atoms with Crippen molar-refractivity contribution >= 4 is 23.2 Å². The van der Waals surface area contributed by atoms with Crippen molar-refractivity contribution in [2.24, 2.45) is 0 Å². The van der Waals surface area contributed by atoms with E-state index >= 15 is 0 Å². The fraction of sp³-hybridized carbons (Fsp3) is 0.455. The molecule has 0 spiro atoms. The van der Waals surface area contributed by atoms with Crippen molar-refractivity contribution in [1.29, 1.82) is 0 Å². The molecule has 0 aliphatic carbocycles. The zero-order chi connectivity index (χ0) is 12.1. The molecule has 1 unspecified atom stereocenters. The summed E-state index contributed by atoms with van der Waals surface area (Å²) in [4.78, 5) is 0. The summed E-state index contributed by atoms with van der Waals surface area (Å²) in [7, 11) is 3.36. The summed E-state index contributed by atoms with van der Waals surface area (Å²) in [6, 6.07) is 3.43. The number of hydrogen-bond donors (Lipinski definition) is 2. The van der Waals surface area contributed by atoms with Crippen LogP contribution in [0.1, 0.15) is 18.0 Å². The molecule has 0 amide bonds. The molecule has 2 N–H and O–H groups in total. The van der Waals surface area contributed by atoms with E-state index in [9.17, 15) is 0 Å². The van der Waals surface area contributed by atoms with Crippen LogP contribution in [0, 0.1) is 0 Å². The maximum Gasteiger partial charge on any atom is 0.138 e. The molecule has 3 nitrogen and oxygen atoms in total. The third-order valence-electron chi connectivity index (χ3n) is 2.41. The van der Waals surface area contributed by atoms with E-state index in [1.807, 2.05) is 7.05 Å². The Morgan fingerprint density at radius 3 is 2.56 bits per heavy atom. The van der Waals surface area contributed by atoms with E-state index < -0.39 is 0 Å². The number of benzene rings is 1. The second kappa shape index (κ2) is 6.30. The standard InChI is InChI=1S/C11H15Cl2NO2/c1-14-10(3-4-15)7-5-9(13)11(16-2)6-8(7)12/h5-6,10,14-15H,3-4H2,1-2H3. The Morgan fingerprint density at radius 1 is 1.38 bits per heavy atom. The summed E-state index contributed by atoms with van der Waals surface area (Å²) >= 11 is 12.2. The van der Waals surface area contributed by atoms with Gasteiger partial charge in [0.25, 0.3) is 0 Å². The lowest BCUT2D eigenvalue weighted by molar-refractivity contribution is 0.269. The second-order valence-corrected chi connectivity index (χ2v) is 4.18. The molecule has 0 aliphatic rings. The van der Waals surface area contributed by atoms with Gasteiger partial charge in [-0.25, -0.2) is 0 Å². The van der Waals surface area contributed by atoms with Crippen molar-refractivity contribution in [3.63, 3.8) is 0 Å². The maximum absolute atomic E-state index is 8.95. The smallest absolute Gasteiger partial charge is 0.138 e. The fourth-order valence-electron chi connectivity index (χ4n) is 1.55. The van der Waals surface area contributed by atoms with Gasteiger partial charge in [-0.05, 0) is 25.1 Å². The van der Waals surface area contributed by atoms with Gasteiger partial charge in [0.1, 0.15) is 5.75 Å². The summed E-state index contributed by atoms with van der Waals surface area (Å²) in [5.41, 5.74) is 0.865. The maximum atomic E-state index is 8.95. The Hall–Kier alpha value is -0.480. The molecule has 0 heterocycles. The molecule has 0 fully saturated rings. The van der Waals surface area contributed by atoms with Gasteiger partial charge in [0.15, 0.2) is 0 Å². The first-order valence-electron chi connectivity index (χ1n) is 4.95. The van der Waals surface area contributed by atoms with Gasteiger partial charge in [-0.15, -0.1) is 0 Å². The molecule has 5 heteroatoms. The lowest BCUT2D eigenvalue weighted by Gasteiger charge is -2.18. The van der Waals surface area contributed by atoms with Crippen molar-refractivity contribution in [3.8, 4) is 5.75 Å². The number of nitrogens with one attached hydrogen (secondary N) is 1. The molecule has 0 aliphatic heterocycles. The van der Waals surface area contributed by atoms with E-state index in [1.165, 1.54) is 0 Å². The summed E-state index contributed by atoms with van der Waals surface area (Å²) in [5.74, 6) is 0.550. The normalized spacial score (nSPS) is 12.6. The van der Waals surface area contributed by atoms with E-state index in [-0.39, 0.29) is 12.6 Å². The third-order valence-corrected chi connectivity index (χ3v) is 3.04. The molecule has 16 heavy (non-hydrogen) atoms. The number of halogens is 2. The van der Waals surface area contributed by atoms with Crippen LogP contribution in [0.5, 0.6) is 5.75 Å². The van der Waals surface area contributed by atoms with Gasteiger partial charge in [-0.2, -0.15) is 0 Å². The first-order valence-corrected chi connectivity index (χ1v) is 5.70. The van der Waals surface area contributed by atoms with Gasteiger partial charge in [0, 0.05) is 23.7 Å². The summed E-state index contributed by atoms with van der Waals surface area (Å²) in [5, 5.41) is 13.1. The summed E-state index contributed by atoms with van der Waals surface area (Å²) < 4.78 is 5.07. The monoisotopic (exact) mass is 263 g/mol. The highest BCUT2D eigenvalue weighted by Gasteiger charge is 2.15. The second-order valence-electron chi connectivity index (χ2n) is 3.36. The topological polar surface area (TPSA) is 41.5 Å². The van der Waals surface area contributed by atoms with E-state index in [4.69, 9.17) is 33.0 Å². The summed E-state index contributed by atoms with van der Waals surface area (Å²) in [6.45, 7) is 0.0888. The average molecular weight is 264 g/mol. The van der Waals surface area contributed by atoms with Crippen LogP contribution in [0.2, 0.25) is 10.0 Å². The highest BCUT2D eigenvalue weighted by Crippen LogP contribution is 2.34. The molecule has 0 aromatic heterocycles. The molecule has 0 bridgehead atoms. The van der Waals surface area contributed by atoms with E-state index in [0.717, 1.165) is 5.56 Å². The molecule has 1 aromatic carbocycles. The lowest BCUT2D eigenvalue weighted by atomic mass is 10.0. The van der Waals surface area contributed by atoms with E-state index in [0.29, 0.717) is 22.2 Å². The van der Waals surface area contributed by atoms with E-state index in [1.54, 1.807) is 19.2 Å². The van der Waals surface area contributed by atoms with Gasteiger partial charge in [0.2, 0.25) is 0 Å². The minimum Gasteiger partial charge on any atom is -0.495 e. The van der Waals surface area contributed by atoms with E-state index in [2.05, 4.69) is 5.32 Å². The predicted octanol–water partition coefficient (Wildman–Crippen LogP) is 2.64. The van der Waals surface area contributed by atoms with Crippen LogP contribution in [0.25, 0.3) is 0 Å². The summed E-state index contributed by atoms with van der Waals surface area (Å²) in [6.07, 6.45) is 0.582. The number of aliphatic hydroxyl groups excluding tert-OH is 1. The number of ether oxygens (including phenoxy) is 1. The molecule has 1 rings (SSSR count). The Balaban J connectivity index is 3.08. The number of rotatable bonds is 5. The Morgan fingerprint density at radius 2 is 2.06 bits per heavy atom. The lowest BCUT2D eigenvalue weighted by Crippen LogP contribution is -2.18. The molecule has 1 aromatic rings. The highest BCUT2D eigenvalue weighted by atomic mass is 35.5. The van der Waals surface area contributed by atoms with Crippen LogP contribution >= 0.6 is 23.2 Å². The minimum absolute atomic E-state index is 0.0130. The quantitative estimate of drug-likeness (QED) is 0.859. The van der Waals surface area contributed by atoms with Gasteiger partial charge in [-0.3, -0.25) is 0 Å². The van der Waals surface area contributed by atoms with Crippen molar-refractivity contribution in [3.05, 3.63) is 27.7 Å². The number of hydrogen-bond acceptors (Lipinski definition) is 3. The van der Waals surface area contributed by atoms with Crippen molar-refractivity contribution < 1.29 is 9.84 Å². The average Bonchev–Trinajstić information content (AvgIpc) is 2.28. The molecule has 1 atom stereocenters. The highest BCUT2D eigenvalue weighted by molar-refractivity contribution is 6.34. The largest absolute Gasteiger partial charge is 0.495 e. The zero-order valence-electron chi connectivity index (χ0n) is 9.26. The van der Waals surface area contributed by atoms with Crippen molar-refractivity contribution in [2.75, 3.05) is 20.8 Å². The van der Waals surface area contributed by atoms with Crippen LogP contribution in [0.3, 0.4) is 0 Å². The fourth-order valence-corrected chi connectivity index (χ4v) is 2.09. The van der Waals surface area contributed by atoms with Crippen LogP contribution in [-0.2, 0) is 0 Å². The molecule has 0 saturated heterocycles. The predicted molar refractivity (Wildman–Crippen MR) is 66.5 cm³/mol. The molecule has 0 saturated carbocycles. The van der Waals surface area contributed by atoms with Crippen LogP contribution in [-0.4, -0.2) is 25.9 Å². The Labute approximate surface area is 105 Å². The molecular formula is C11H15Cl2NO2. The molecular weight excluding hydrogens is 249 g/mol. The SMILES string of the molecule is CNC(CCO)c1cc(Cl)c(OC)cc1Cl. The first kappa shape index (κ1) is 13.6. The van der Waals surface area contributed by atoms with Crippen molar-refractivity contribution in [1.82, 2.24) is 5.32 Å². The van der Waals surface area contributed by atoms with Crippen LogP contribution < -0.4 is 10.1 Å². The number of aliphatic hydroxyl groups is 1. The van der Waals surface area contributed by atoms with Crippen LogP contribution in [0.4, 0.5) is 0 Å². The van der Waals surface area contributed by atoms with Gasteiger partial charge >= 0.3 is 0 Å². The third kappa shape index (κ3) is 3.01. The number of methoxy groups -OCH3 is 1. The minimum atomic E-state index is -0.0130. The van der Waals surface area contributed by atoms with Crippen molar-refractivity contribution in [2.45, 2.75) is 12.5 Å². The van der Waals surface area contributed by atoms with Gasteiger partial charge in [0.05, 0.1) is 12.1 Å². The Bertz CT molecular complexity index is 358. The van der Waals surface area contributed by atoms with Crippen LogP contribution in [0.15, 0.2) is 12.1 Å². The van der Waals surface area contributed by atoms with Gasteiger partial charge in [-0.1, -0.05) is 23.2 Å². The first-order chi connectivity index (χ1) is 7.63. The molecule has 90 valence electrons. The Kier molecular flexibility index (Phi) is 5.35. The zero-order valence-corrected chi connectivity index (χ0v) is 10.8. The van der Waals surface area contributed by atoms with Gasteiger partial charge < -0.3 is 15.2 Å². The molecule has 0 radical (unpaired) electrons.